The number of methoxy groups -OCH3 is 1. The SMILES string of the molecule is CCc1ccccc1NS(=O)(=O)c1cc(N)ccc1OC. The van der Waals surface area contributed by atoms with Crippen LogP contribution >= 0.6 is 0 Å². The molecule has 0 bridgehead atoms. The molecule has 3 N–H and O–H groups in total. The summed E-state index contributed by atoms with van der Waals surface area (Å²) in [6.07, 6.45) is 0.729. The maximum atomic E-state index is 12.6. The fraction of sp³-hybridized carbons (Fsp3) is 0.200. The number of anilines is 2. The van der Waals surface area contributed by atoms with Crippen LogP contribution in [0.1, 0.15) is 12.5 Å². The van der Waals surface area contributed by atoms with Gasteiger partial charge in [0, 0.05) is 5.69 Å². The van der Waals surface area contributed by atoms with Crippen molar-refractivity contribution in [3.8, 4) is 5.75 Å². The number of aryl methyl sites for hydroxylation is 1. The second-order valence-electron chi connectivity index (χ2n) is 4.53. The molecule has 0 saturated heterocycles. The highest BCUT2D eigenvalue weighted by atomic mass is 32.2. The van der Waals surface area contributed by atoms with Crippen molar-refractivity contribution in [1.29, 1.82) is 0 Å². The number of nitrogens with one attached hydrogen (secondary N) is 1. The summed E-state index contributed by atoms with van der Waals surface area (Å²) >= 11 is 0. The molecule has 0 unspecified atom stereocenters. The van der Waals surface area contributed by atoms with E-state index in [1.165, 1.54) is 19.2 Å². The van der Waals surface area contributed by atoms with Crippen molar-refractivity contribution in [3.05, 3.63) is 48.0 Å². The highest BCUT2D eigenvalue weighted by molar-refractivity contribution is 7.92. The van der Waals surface area contributed by atoms with E-state index in [9.17, 15) is 8.42 Å². The summed E-state index contributed by atoms with van der Waals surface area (Å²) in [5, 5.41) is 0. The van der Waals surface area contributed by atoms with E-state index in [1.54, 1.807) is 18.2 Å². The van der Waals surface area contributed by atoms with E-state index in [4.69, 9.17) is 10.5 Å². The van der Waals surface area contributed by atoms with Gasteiger partial charge in [-0.1, -0.05) is 25.1 Å². The Morgan fingerprint density at radius 2 is 1.90 bits per heavy atom. The van der Waals surface area contributed by atoms with Crippen molar-refractivity contribution >= 4 is 21.4 Å². The summed E-state index contributed by atoms with van der Waals surface area (Å²) in [5.74, 6) is 0.255. The van der Waals surface area contributed by atoms with Crippen LogP contribution in [0.15, 0.2) is 47.4 Å². The van der Waals surface area contributed by atoms with E-state index >= 15 is 0 Å². The molecule has 112 valence electrons. The van der Waals surface area contributed by atoms with E-state index in [-0.39, 0.29) is 10.6 Å². The van der Waals surface area contributed by atoms with E-state index in [0.717, 1.165) is 12.0 Å². The lowest BCUT2D eigenvalue weighted by atomic mass is 10.1. The fourth-order valence-electron chi connectivity index (χ4n) is 2.03. The molecule has 21 heavy (non-hydrogen) atoms. The second-order valence-corrected chi connectivity index (χ2v) is 6.18. The highest BCUT2D eigenvalue weighted by Gasteiger charge is 2.20. The number of hydrogen-bond acceptors (Lipinski definition) is 4. The zero-order valence-corrected chi connectivity index (χ0v) is 12.8. The molecule has 0 saturated carbocycles. The largest absolute Gasteiger partial charge is 0.495 e. The summed E-state index contributed by atoms with van der Waals surface area (Å²) in [6, 6.07) is 11.8. The number of para-hydroxylation sites is 1. The van der Waals surface area contributed by atoms with Gasteiger partial charge in [-0.15, -0.1) is 0 Å². The van der Waals surface area contributed by atoms with Gasteiger partial charge in [-0.25, -0.2) is 8.42 Å². The number of nitrogen functional groups attached to an aromatic ring is 1. The lowest BCUT2D eigenvalue weighted by Gasteiger charge is -2.14. The number of sulfonamides is 1. The predicted octanol–water partition coefficient (Wildman–Crippen LogP) is 2.64. The van der Waals surface area contributed by atoms with Crippen LogP contribution in [0, 0.1) is 0 Å². The Bertz CT molecular complexity index is 742. The third-order valence-corrected chi connectivity index (χ3v) is 4.51. The van der Waals surface area contributed by atoms with Crippen LogP contribution in [0.25, 0.3) is 0 Å². The van der Waals surface area contributed by atoms with Crippen molar-refractivity contribution in [2.45, 2.75) is 18.2 Å². The molecule has 0 aliphatic heterocycles. The average Bonchev–Trinajstić information content (AvgIpc) is 2.47. The maximum absolute atomic E-state index is 12.6. The summed E-state index contributed by atoms with van der Waals surface area (Å²) < 4.78 is 32.8. The van der Waals surface area contributed by atoms with Crippen molar-refractivity contribution in [1.82, 2.24) is 0 Å². The van der Waals surface area contributed by atoms with Gasteiger partial charge in [0.25, 0.3) is 10.0 Å². The smallest absolute Gasteiger partial charge is 0.265 e. The summed E-state index contributed by atoms with van der Waals surface area (Å²) in [5.41, 5.74) is 7.52. The Hall–Kier alpha value is -2.21. The zero-order chi connectivity index (χ0) is 15.5. The standard InChI is InChI=1S/C15H18N2O3S/c1-3-11-6-4-5-7-13(11)17-21(18,19)15-10-12(16)8-9-14(15)20-2/h4-10,17H,3,16H2,1-2H3. The number of benzene rings is 2. The van der Waals surface area contributed by atoms with Crippen molar-refractivity contribution in [2.75, 3.05) is 17.6 Å². The number of nitrogens with two attached hydrogens (primary N) is 1. The molecule has 0 aliphatic rings. The van der Waals surface area contributed by atoms with Crippen LogP contribution in [0.4, 0.5) is 11.4 Å². The van der Waals surface area contributed by atoms with E-state index in [1.807, 2.05) is 19.1 Å². The molecule has 2 aromatic carbocycles. The van der Waals surface area contributed by atoms with Gasteiger partial charge in [-0.2, -0.15) is 0 Å². The van der Waals surface area contributed by atoms with Crippen LogP contribution in [-0.4, -0.2) is 15.5 Å². The van der Waals surface area contributed by atoms with Gasteiger partial charge in [-0.05, 0) is 36.2 Å². The van der Waals surface area contributed by atoms with Crippen molar-refractivity contribution in [2.24, 2.45) is 0 Å². The van der Waals surface area contributed by atoms with E-state index in [2.05, 4.69) is 4.72 Å². The Labute approximate surface area is 124 Å². The molecule has 2 aromatic rings. The Morgan fingerprint density at radius 3 is 2.57 bits per heavy atom. The normalized spacial score (nSPS) is 11.1. The van der Waals surface area contributed by atoms with Gasteiger partial charge in [-0.3, -0.25) is 4.72 Å². The highest BCUT2D eigenvalue weighted by Crippen LogP contribution is 2.28. The first-order valence-electron chi connectivity index (χ1n) is 6.52. The molecule has 0 atom stereocenters. The van der Waals surface area contributed by atoms with Gasteiger partial charge in [0.1, 0.15) is 10.6 Å². The fourth-order valence-corrected chi connectivity index (χ4v) is 3.34. The zero-order valence-electron chi connectivity index (χ0n) is 12.0. The van der Waals surface area contributed by atoms with Gasteiger partial charge < -0.3 is 10.5 Å². The molecule has 0 amide bonds. The van der Waals surface area contributed by atoms with Gasteiger partial charge in [0.05, 0.1) is 12.8 Å². The van der Waals surface area contributed by atoms with Crippen LogP contribution in [-0.2, 0) is 16.4 Å². The molecule has 0 heterocycles. The molecule has 0 fully saturated rings. The van der Waals surface area contributed by atoms with Gasteiger partial charge in [0.2, 0.25) is 0 Å². The van der Waals surface area contributed by atoms with E-state index < -0.39 is 10.0 Å². The first kappa shape index (κ1) is 15.2. The lowest BCUT2D eigenvalue weighted by molar-refractivity contribution is 0.403. The quantitative estimate of drug-likeness (QED) is 0.832. The minimum absolute atomic E-state index is 0.0240. The van der Waals surface area contributed by atoms with E-state index in [0.29, 0.717) is 11.4 Å². The van der Waals surface area contributed by atoms with Crippen LogP contribution in [0.5, 0.6) is 5.75 Å². The maximum Gasteiger partial charge on any atom is 0.265 e. The average molecular weight is 306 g/mol. The molecule has 2 rings (SSSR count). The first-order valence-corrected chi connectivity index (χ1v) is 8.00. The lowest BCUT2D eigenvalue weighted by Crippen LogP contribution is -2.15. The van der Waals surface area contributed by atoms with Crippen molar-refractivity contribution < 1.29 is 13.2 Å². The summed E-state index contributed by atoms with van der Waals surface area (Å²) in [7, 11) is -2.35. The first-order chi connectivity index (χ1) is 9.97. The molecule has 0 radical (unpaired) electrons. The summed E-state index contributed by atoms with van der Waals surface area (Å²) in [6.45, 7) is 1.97. The minimum Gasteiger partial charge on any atom is -0.495 e. The summed E-state index contributed by atoms with van der Waals surface area (Å²) in [4.78, 5) is 0.0240. The second kappa shape index (κ2) is 6.05. The van der Waals surface area contributed by atoms with Crippen LogP contribution in [0.3, 0.4) is 0 Å². The predicted molar refractivity (Wildman–Crippen MR) is 84.0 cm³/mol. The third-order valence-electron chi connectivity index (χ3n) is 3.12. The molecule has 0 aliphatic carbocycles. The molecule has 0 aromatic heterocycles. The van der Waals surface area contributed by atoms with Crippen molar-refractivity contribution in [3.63, 3.8) is 0 Å². The molecule has 6 heteroatoms. The third kappa shape index (κ3) is 3.28. The molecular weight excluding hydrogens is 288 g/mol. The Balaban J connectivity index is 2.46. The number of hydrogen-bond donors (Lipinski definition) is 2. The topological polar surface area (TPSA) is 81.4 Å². The monoisotopic (exact) mass is 306 g/mol. The minimum atomic E-state index is -3.77. The molecule has 0 spiro atoms. The molecule has 5 nitrogen and oxygen atoms in total. The van der Waals surface area contributed by atoms with Gasteiger partial charge >= 0.3 is 0 Å². The Kier molecular flexibility index (Phi) is 4.37. The number of rotatable bonds is 5. The van der Waals surface area contributed by atoms with Gasteiger partial charge in [0.15, 0.2) is 0 Å². The van der Waals surface area contributed by atoms with Crippen LogP contribution in [0.2, 0.25) is 0 Å². The van der Waals surface area contributed by atoms with Crippen LogP contribution < -0.4 is 15.2 Å². The number of ether oxygens (including phenoxy) is 1. The molecular formula is C15H18N2O3S. The Morgan fingerprint density at radius 1 is 1.19 bits per heavy atom.